The number of piperidine rings is 1. The molecule has 6 nitrogen and oxygen atoms in total. The highest BCUT2D eigenvalue weighted by atomic mass is 32.2. The first-order valence-electron chi connectivity index (χ1n) is 8.72. The minimum atomic E-state index is -3.47. The standard InChI is InChI=1S/C18H22F2N4O2S/c1-11-5-6-12(16(20)15(11)19)9-22-18-23-10-14(27(2,25)26)17(24-18)13-4-3-7-21-8-13/h5-6,10,13,21H,3-4,7-9H2,1-2H3,(H,22,23,24)/t13-/m1/s1. The summed E-state index contributed by atoms with van der Waals surface area (Å²) in [5.74, 6) is -1.65. The third-order valence-corrected chi connectivity index (χ3v) is 5.77. The number of nitrogens with one attached hydrogen (secondary N) is 2. The van der Waals surface area contributed by atoms with Crippen LogP contribution in [0.25, 0.3) is 0 Å². The second-order valence-corrected chi connectivity index (χ2v) is 8.77. The SMILES string of the molecule is Cc1ccc(CNc2ncc(S(C)(=O)=O)c([C@@H]3CCCNC3)n2)c(F)c1F. The number of hydrogen-bond donors (Lipinski definition) is 2. The van der Waals surface area contributed by atoms with Crippen molar-refractivity contribution in [2.45, 2.75) is 37.1 Å². The Hall–Kier alpha value is -2.13. The average Bonchev–Trinajstić information content (AvgIpc) is 2.65. The number of anilines is 1. The van der Waals surface area contributed by atoms with Gasteiger partial charge in [0.05, 0.1) is 11.9 Å². The molecule has 1 aromatic heterocycles. The molecule has 2 aromatic rings. The molecule has 2 N–H and O–H groups in total. The molecule has 0 aliphatic carbocycles. The summed E-state index contributed by atoms with van der Waals surface area (Å²) >= 11 is 0. The lowest BCUT2D eigenvalue weighted by Gasteiger charge is -2.24. The number of aryl methyl sites for hydroxylation is 1. The van der Waals surface area contributed by atoms with Crippen LogP contribution in [0.4, 0.5) is 14.7 Å². The molecule has 27 heavy (non-hydrogen) atoms. The van der Waals surface area contributed by atoms with Crippen LogP contribution in [0.3, 0.4) is 0 Å². The molecule has 2 heterocycles. The van der Waals surface area contributed by atoms with Crippen molar-refractivity contribution < 1.29 is 17.2 Å². The van der Waals surface area contributed by atoms with E-state index in [1.165, 1.54) is 25.3 Å². The molecule has 1 fully saturated rings. The Balaban J connectivity index is 1.87. The average molecular weight is 396 g/mol. The number of aromatic nitrogens is 2. The van der Waals surface area contributed by atoms with Gasteiger partial charge in [0.2, 0.25) is 5.95 Å². The van der Waals surface area contributed by atoms with Crippen LogP contribution in [-0.2, 0) is 16.4 Å². The summed E-state index contributed by atoms with van der Waals surface area (Å²) in [7, 11) is -3.47. The van der Waals surface area contributed by atoms with E-state index in [-0.39, 0.29) is 34.4 Å². The Labute approximate surface area is 157 Å². The van der Waals surface area contributed by atoms with Gasteiger partial charge in [0, 0.05) is 30.8 Å². The van der Waals surface area contributed by atoms with Crippen LogP contribution >= 0.6 is 0 Å². The van der Waals surface area contributed by atoms with E-state index in [1.54, 1.807) is 0 Å². The van der Waals surface area contributed by atoms with E-state index in [0.29, 0.717) is 12.2 Å². The zero-order valence-corrected chi connectivity index (χ0v) is 16.0. The Morgan fingerprint density at radius 2 is 2.07 bits per heavy atom. The van der Waals surface area contributed by atoms with Crippen LogP contribution in [-0.4, -0.2) is 37.7 Å². The normalized spacial score (nSPS) is 17.7. The fraction of sp³-hybridized carbons (Fsp3) is 0.444. The molecule has 1 aliphatic rings. The molecule has 0 unspecified atom stereocenters. The van der Waals surface area contributed by atoms with Gasteiger partial charge in [-0.25, -0.2) is 27.2 Å². The largest absolute Gasteiger partial charge is 0.350 e. The summed E-state index contributed by atoms with van der Waals surface area (Å²) in [6, 6.07) is 3.00. The highest BCUT2D eigenvalue weighted by molar-refractivity contribution is 7.90. The van der Waals surface area contributed by atoms with E-state index in [0.717, 1.165) is 25.6 Å². The molecule has 0 amide bonds. The molecular formula is C18H22F2N4O2S. The summed E-state index contributed by atoms with van der Waals surface area (Å²) < 4.78 is 51.9. The van der Waals surface area contributed by atoms with Gasteiger partial charge in [0.1, 0.15) is 4.90 Å². The van der Waals surface area contributed by atoms with Gasteiger partial charge in [-0.1, -0.05) is 12.1 Å². The van der Waals surface area contributed by atoms with Crippen molar-refractivity contribution in [1.82, 2.24) is 15.3 Å². The van der Waals surface area contributed by atoms with Gasteiger partial charge in [-0.05, 0) is 31.9 Å². The van der Waals surface area contributed by atoms with E-state index in [4.69, 9.17) is 0 Å². The van der Waals surface area contributed by atoms with Crippen LogP contribution < -0.4 is 10.6 Å². The van der Waals surface area contributed by atoms with Gasteiger partial charge in [-0.2, -0.15) is 0 Å². The summed E-state index contributed by atoms with van der Waals surface area (Å²) in [5, 5.41) is 6.10. The van der Waals surface area contributed by atoms with E-state index < -0.39 is 21.5 Å². The summed E-state index contributed by atoms with van der Waals surface area (Å²) in [6.45, 7) is 3.01. The second-order valence-electron chi connectivity index (χ2n) is 6.78. The molecule has 1 aromatic carbocycles. The van der Waals surface area contributed by atoms with Crippen molar-refractivity contribution in [3.63, 3.8) is 0 Å². The monoisotopic (exact) mass is 396 g/mol. The fourth-order valence-corrected chi connectivity index (χ4v) is 3.97. The second kappa shape index (κ2) is 7.85. The zero-order chi connectivity index (χ0) is 19.6. The topological polar surface area (TPSA) is 84.0 Å². The van der Waals surface area contributed by atoms with Crippen molar-refractivity contribution in [2.75, 3.05) is 24.7 Å². The Bertz CT molecular complexity index is 945. The summed E-state index contributed by atoms with van der Waals surface area (Å²) in [5.41, 5.74) is 0.838. The van der Waals surface area contributed by atoms with Crippen LogP contribution in [0, 0.1) is 18.6 Å². The molecular weight excluding hydrogens is 374 g/mol. The molecule has 1 saturated heterocycles. The van der Waals surface area contributed by atoms with E-state index in [1.807, 2.05) is 0 Å². The Kier molecular flexibility index (Phi) is 5.71. The van der Waals surface area contributed by atoms with Crippen molar-refractivity contribution in [3.05, 3.63) is 46.8 Å². The van der Waals surface area contributed by atoms with E-state index in [2.05, 4.69) is 20.6 Å². The number of hydrogen-bond acceptors (Lipinski definition) is 6. The molecule has 3 rings (SSSR count). The van der Waals surface area contributed by atoms with Gasteiger partial charge in [0.15, 0.2) is 21.5 Å². The quantitative estimate of drug-likeness (QED) is 0.808. The maximum Gasteiger partial charge on any atom is 0.223 e. The molecule has 9 heteroatoms. The maximum absolute atomic E-state index is 14.0. The molecule has 0 bridgehead atoms. The molecule has 1 atom stereocenters. The Morgan fingerprint density at radius 1 is 1.30 bits per heavy atom. The summed E-state index contributed by atoms with van der Waals surface area (Å²) in [6.07, 6.45) is 4.15. The Morgan fingerprint density at radius 3 is 2.74 bits per heavy atom. The van der Waals surface area contributed by atoms with Crippen LogP contribution in [0.1, 0.15) is 35.6 Å². The van der Waals surface area contributed by atoms with Crippen LogP contribution in [0.2, 0.25) is 0 Å². The van der Waals surface area contributed by atoms with E-state index in [9.17, 15) is 17.2 Å². The lowest BCUT2D eigenvalue weighted by molar-refractivity contribution is 0.448. The fourth-order valence-electron chi connectivity index (χ4n) is 3.13. The van der Waals surface area contributed by atoms with Crippen molar-refractivity contribution in [2.24, 2.45) is 0 Å². The smallest absolute Gasteiger partial charge is 0.223 e. The molecule has 0 radical (unpaired) electrons. The number of rotatable bonds is 5. The minimum absolute atomic E-state index is 0.0103. The third kappa shape index (κ3) is 4.41. The van der Waals surface area contributed by atoms with Crippen LogP contribution in [0.5, 0.6) is 0 Å². The number of sulfone groups is 1. The summed E-state index contributed by atoms with van der Waals surface area (Å²) in [4.78, 5) is 8.54. The lowest BCUT2D eigenvalue weighted by Crippen LogP contribution is -2.30. The molecule has 0 spiro atoms. The lowest BCUT2D eigenvalue weighted by atomic mass is 9.96. The zero-order valence-electron chi connectivity index (χ0n) is 15.2. The molecule has 0 saturated carbocycles. The van der Waals surface area contributed by atoms with Gasteiger partial charge in [0.25, 0.3) is 0 Å². The minimum Gasteiger partial charge on any atom is -0.350 e. The van der Waals surface area contributed by atoms with Gasteiger partial charge < -0.3 is 10.6 Å². The number of halogens is 2. The maximum atomic E-state index is 14.0. The first kappa shape index (κ1) is 19.6. The number of nitrogens with zero attached hydrogens (tertiary/aromatic N) is 2. The number of benzene rings is 1. The van der Waals surface area contributed by atoms with Crippen molar-refractivity contribution in [1.29, 1.82) is 0 Å². The van der Waals surface area contributed by atoms with Gasteiger partial charge >= 0.3 is 0 Å². The molecule has 1 aliphatic heterocycles. The first-order valence-corrected chi connectivity index (χ1v) is 10.6. The molecule has 146 valence electrons. The highest BCUT2D eigenvalue weighted by Gasteiger charge is 2.25. The van der Waals surface area contributed by atoms with Gasteiger partial charge in [-0.15, -0.1) is 0 Å². The van der Waals surface area contributed by atoms with Crippen LogP contribution in [0.15, 0.2) is 23.2 Å². The van der Waals surface area contributed by atoms with E-state index >= 15 is 0 Å². The third-order valence-electron chi connectivity index (χ3n) is 4.66. The highest BCUT2D eigenvalue weighted by Crippen LogP contribution is 2.28. The predicted molar refractivity (Wildman–Crippen MR) is 98.4 cm³/mol. The van der Waals surface area contributed by atoms with Crippen molar-refractivity contribution >= 4 is 15.8 Å². The first-order chi connectivity index (χ1) is 12.8. The van der Waals surface area contributed by atoms with Crippen molar-refractivity contribution in [3.8, 4) is 0 Å². The predicted octanol–water partition coefficient (Wildman–Crippen LogP) is 2.55. The van der Waals surface area contributed by atoms with Gasteiger partial charge in [-0.3, -0.25) is 0 Å².